The van der Waals surface area contributed by atoms with E-state index in [0.29, 0.717) is 6.54 Å². The lowest BCUT2D eigenvalue weighted by atomic mass is 9.85. The second kappa shape index (κ2) is 6.35. The van der Waals surface area contributed by atoms with Gasteiger partial charge in [0.05, 0.1) is 7.11 Å². The van der Waals surface area contributed by atoms with Crippen LogP contribution >= 0.6 is 0 Å². The molecule has 2 atom stereocenters. The summed E-state index contributed by atoms with van der Waals surface area (Å²) in [7, 11) is -1.28. The molecule has 0 bridgehead atoms. The molecule has 3 N–H and O–H groups in total. The second-order valence-corrected chi connectivity index (χ2v) is 6.19. The van der Waals surface area contributed by atoms with Crippen LogP contribution in [0.5, 0.6) is 0 Å². The molecule has 0 aromatic carbocycles. The van der Waals surface area contributed by atoms with E-state index in [2.05, 4.69) is 4.74 Å². The van der Waals surface area contributed by atoms with Gasteiger partial charge in [-0.3, -0.25) is 0 Å². The Balaban J connectivity index is 2.77. The first-order chi connectivity index (χ1) is 8.42. The monoisotopic (exact) mass is 279 g/mol. The normalized spacial score (nSPS) is 24.9. The van der Waals surface area contributed by atoms with Gasteiger partial charge in [-0.25, -0.2) is 9.52 Å². The van der Waals surface area contributed by atoms with Gasteiger partial charge in [0, 0.05) is 13.1 Å². The first-order valence-electron chi connectivity index (χ1n) is 5.96. The Morgan fingerprint density at radius 1 is 1.44 bits per heavy atom. The van der Waals surface area contributed by atoms with Crippen molar-refractivity contribution in [1.82, 2.24) is 9.03 Å². The number of rotatable bonds is 4. The number of nitrogens with zero attached hydrogens (tertiary/aromatic N) is 1. The van der Waals surface area contributed by atoms with Crippen molar-refractivity contribution in [3.05, 3.63) is 0 Å². The summed E-state index contributed by atoms with van der Waals surface area (Å²) < 4.78 is 31.2. The van der Waals surface area contributed by atoms with E-state index >= 15 is 0 Å². The molecular formula is C10H21N3O4S. The molecule has 1 amide bonds. The average molecular weight is 279 g/mol. The van der Waals surface area contributed by atoms with E-state index in [1.165, 1.54) is 11.4 Å². The van der Waals surface area contributed by atoms with Crippen molar-refractivity contribution >= 4 is 16.3 Å². The van der Waals surface area contributed by atoms with Crippen molar-refractivity contribution in [2.75, 3.05) is 20.7 Å². The molecule has 0 saturated heterocycles. The minimum Gasteiger partial charge on any atom is -0.452 e. The van der Waals surface area contributed by atoms with Crippen molar-refractivity contribution < 1.29 is 17.9 Å². The van der Waals surface area contributed by atoms with Gasteiger partial charge in [-0.05, 0) is 25.3 Å². The van der Waals surface area contributed by atoms with Crippen LogP contribution in [0.3, 0.4) is 0 Å². The third-order valence-corrected chi connectivity index (χ3v) is 4.87. The van der Waals surface area contributed by atoms with Crippen molar-refractivity contribution in [2.24, 2.45) is 11.7 Å². The van der Waals surface area contributed by atoms with Crippen LogP contribution in [0.2, 0.25) is 0 Å². The molecule has 1 aliphatic rings. The van der Waals surface area contributed by atoms with Crippen molar-refractivity contribution in [2.45, 2.75) is 31.7 Å². The molecule has 0 aromatic heterocycles. The van der Waals surface area contributed by atoms with Gasteiger partial charge < -0.3 is 10.5 Å². The summed E-state index contributed by atoms with van der Waals surface area (Å²) in [5.41, 5.74) is 5.67. The number of methoxy groups -OCH3 is 1. The Kier molecular flexibility index (Phi) is 5.36. The van der Waals surface area contributed by atoms with Crippen LogP contribution < -0.4 is 10.5 Å². The topological polar surface area (TPSA) is 102 Å². The number of nitrogens with one attached hydrogen (secondary N) is 1. The molecule has 1 rings (SSSR count). The van der Waals surface area contributed by atoms with Gasteiger partial charge in [-0.1, -0.05) is 12.8 Å². The van der Waals surface area contributed by atoms with E-state index in [1.54, 1.807) is 0 Å². The van der Waals surface area contributed by atoms with Crippen molar-refractivity contribution in [3.63, 3.8) is 0 Å². The van der Waals surface area contributed by atoms with E-state index in [0.717, 1.165) is 32.8 Å². The van der Waals surface area contributed by atoms with Crippen molar-refractivity contribution in [3.8, 4) is 0 Å². The number of carbonyl (C=O) groups is 1. The fraction of sp³-hybridized carbons (Fsp3) is 0.900. The largest absolute Gasteiger partial charge is 0.452 e. The number of hydrogen-bond donors (Lipinski definition) is 2. The number of carbonyl (C=O) groups excluding carboxylic acids is 1. The van der Waals surface area contributed by atoms with Gasteiger partial charge in [0.1, 0.15) is 0 Å². The van der Waals surface area contributed by atoms with Gasteiger partial charge >= 0.3 is 16.3 Å². The summed E-state index contributed by atoms with van der Waals surface area (Å²) in [6.07, 6.45) is 2.73. The quantitative estimate of drug-likeness (QED) is 0.756. The number of ether oxygens (including phenoxy) is 1. The second-order valence-electron chi connectivity index (χ2n) is 4.46. The Labute approximate surface area is 108 Å². The Morgan fingerprint density at radius 3 is 2.61 bits per heavy atom. The highest BCUT2D eigenvalue weighted by molar-refractivity contribution is 7.87. The molecule has 2 unspecified atom stereocenters. The van der Waals surface area contributed by atoms with E-state index in [-0.39, 0.29) is 12.0 Å². The van der Waals surface area contributed by atoms with Gasteiger partial charge in [-0.2, -0.15) is 12.7 Å². The first kappa shape index (κ1) is 15.2. The van der Waals surface area contributed by atoms with Gasteiger partial charge in [0.2, 0.25) is 0 Å². The van der Waals surface area contributed by atoms with Crippen LogP contribution in [0.25, 0.3) is 0 Å². The first-order valence-corrected chi connectivity index (χ1v) is 7.40. The van der Waals surface area contributed by atoms with Crippen molar-refractivity contribution in [1.29, 1.82) is 0 Å². The zero-order valence-corrected chi connectivity index (χ0v) is 11.6. The summed E-state index contributed by atoms with van der Waals surface area (Å²) in [6.45, 7) is 0.447. The predicted octanol–water partition coefficient (Wildman–Crippen LogP) is 0.0365. The summed E-state index contributed by atoms with van der Waals surface area (Å²) in [5.74, 6) is 0.137. The van der Waals surface area contributed by atoms with Crippen LogP contribution in [0.1, 0.15) is 25.7 Å². The highest BCUT2D eigenvalue weighted by Gasteiger charge is 2.34. The van der Waals surface area contributed by atoms with Crippen LogP contribution in [0, 0.1) is 5.92 Å². The zero-order valence-electron chi connectivity index (χ0n) is 10.8. The average Bonchev–Trinajstić information content (AvgIpc) is 2.37. The number of hydrogen-bond acceptors (Lipinski definition) is 5. The lowest BCUT2D eigenvalue weighted by Crippen LogP contribution is -2.51. The SMILES string of the molecule is COC(=O)NS(=O)(=O)N(C)C1CCCCC1CN. The van der Waals surface area contributed by atoms with Gasteiger partial charge in [-0.15, -0.1) is 0 Å². The molecule has 1 aliphatic carbocycles. The summed E-state index contributed by atoms with van der Waals surface area (Å²) in [4.78, 5) is 11.0. The molecule has 0 radical (unpaired) electrons. The molecule has 1 saturated carbocycles. The van der Waals surface area contributed by atoms with E-state index in [4.69, 9.17) is 5.73 Å². The Hall–Kier alpha value is -0.860. The zero-order chi connectivity index (χ0) is 13.8. The fourth-order valence-electron chi connectivity index (χ4n) is 2.34. The lowest BCUT2D eigenvalue weighted by Gasteiger charge is -2.36. The predicted molar refractivity (Wildman–Crippen MR) is 67.0 cm³/mol. The van der Waals surface area contributed by atoms with Crippen LogP contribution in [-0.4, -0.2) is 45.6 Å². The number of amides is 1. The minimum absolute atomic E-state index is 0.137. The van der Waals surface area contributed by atoms with Crippen LogP contribution in [-0.2, 0) is 14.9 Å². The molecule has 1 fully saturated rings. The smallest absolute Gasteiger partial charge is 0.421 e. The maximum atomic E-state index is 11.9. The molecule has 8 heteroatoms. The molecule has 7 nitrogen and oxygen atoms in total. The highest BCUT2D eigenvalue weighted by Crippen LogP contribution is 2.28. The van der Waals surface area contributed by atoms with Crippen LogP contribution in [0.4, 0.5) is 4.79 Å². The van der Waals surface area contributed by atoms with Gasteiger partial charge in [0.15, 0.2) is 0 Å². The molecule has 0 spiro atoms. The van der Waals surface area contributed by atoms with E-state index in [1.807, 2.05) is 4.72 Å². The molecule has 0 aromatic rings. The van der Waals surface area contributed by atoms with Crippen LogP contribution in [0.15, 0.2) is 0 Å². The summed E-state index contributed by atoms with van der Waals surface area (Å²) in [6, 6.07) is -0.161. The fourth-order valence-corrected chi connectivity index (χ4v) is 3.41. The Morgan fingerprint density at radius 2 is 2.06 bits per heavy atom. The molecule has 0 heterocycles. The number of nitrogens with two attached hydrogens (primary N) is 1. The standard InChI is InChI=1S/C10H21N3O4S/c1-13(18(15,16)12-10(14)17-2)9-6-4-3-5-8(9)7-11/h8-9H,3-7,11H2,1-2H3,(H,12,14). The van der Waals surface area contributed by atoms with E-state index in [9.17, 15) is 13.2 Å². The van der Waals surface area contributed by atoms with E-state index < -0.39 is 16.3 Å². The van der Waals surface area contributed by atoms with Gasteiger partial charge in [0.25, 0.3) is 0 Å². The maximum absolute atomic E-state index is 11.9. The Bertz CT molecular complexity index is 385. The molecular weight excluding hydrogens is 258 g/mol. The maximum Gasteiger partial charge on any atom is 0.421 e. The molecule has 0 aliphatic heterocycles. The minimum atomic E-state index is -3.86. The third kappa shape index (κ3) is 3.56. The highest BCUT2D eigenvalue weighted by atomic mass is 32.2. The molecule has 106 valence electrons. The summed E-state index contributed by atoms with van der Waals surface area (Å²) in [5, 5.41) is 0. The lowest BCUT2D eigenvalue weighted by molar-refractivity contribution is 0.174. The molecule has 18 heavy (non-hydrogen) atoms. The summed E-state index contributed by atoms with van der Waals surface area (Å²) >= 11 is 0. The third-order valence-electron chi connectivity index (χ3n) is 3.42.